The first-order valence-electron chi connectivity index (χ1n) is 7.91. The molecule has 0 spiro atoms. The van der Waals surface area contributed by atoms with E-state index in [1.807, 2.05) is 12.1 Å². The SMILES string of the molecule is COc1cccc(CC(CCC2CCCCC2)NN)c1. The van der Waals surface area contributed by atoms with Gasteiger partial charge in [-0.2, -0.15) is 0 Å². The summed E-state index contributed by atoms with van der Waals surface area (Å²) in [6, 6.07) is 8.64. The Morgan fingerprint density at radius 1 is 1.30 bits per heavy atom. The molecule has 1 atom stereocenters. The first kappa shape index (κ1) is 15.3. The van der Waals surface area contributed by atoms with Crippen molar-refractivity contribution in [3.05, 3.63) is 29.8 Å². The van der Waals surface area contributed by atoms with Gasteiger partial charge in [-0.05, 0) is 42.9 Å². The van der Waals surface area contributed by atoms with Gasteiger partial charge in [-0.15, -0.1) is 0 Å². The van der Waals surface area contributed by atoms with Crippen LogP contribution in [0.3, 0.4) is 0 Å². The average molecular weight is 276 g/mol. The van der Waals surface area contributed by atoms with Gasteiger partial charge in [0.15, 0.2) is 0 Å². The summed E-state index contributed by atoms with van der Waals surface area (Å²) in [7, 11) is 1.71. The van der Waals surface area contributed by atoms with Crippen LogP contribution < -0.4 is 16.0 Å². The highest BCUT2D eigenvalue weighted by atomic mass is 16.5. The smallest absolute Gasteiger partial charge is 0.119 e. The lowest BCUT2D eigenvalue weighted by atomic mass is 9.84. The fourth-order valence-corrected chi connectivity index (χ4v) is 3.24. The molecule has 0 aliphatic heterocycles. The third-order valence-electron chi connectivity index (χ3n) is 4.50. The third-order valence-corrected chi connectivity index (χ3v) is 4.50. The summed E-state index contributed by atoms with van der Waals surface area (Å²) in [6.07, 6.45) is 10.5. The summed E-state index contributed by atoms with van der Waals surface area (Å²) in [5, 5.41) is 0. The zero-order valence-corrected chi connectivity index (χ0v) is 12.6. The van der Waals surface area contributed by atoms with Crippen molar-refractivity contribution in [3.8, 4) is 5.75 Å². The Hall–Kier alpha value is -1.06. The van der Waals surface area contributed by atoms with Crippen molar-refractivity contribution in [3.63, 3.8) is 0 Å². The number of hydrazine groups is 1. The molecule has 1 aromatic carbocycles. The van der Waals surface area contributed by atoms with Crippen LogP contribution in [0.4, 0.5) is 0 Å². The highest BCUT2D eigenvalue weighted by Gasteiger charge is 2.16. The lowest BCUT2D eigenvalue weighted by Crippen LogP contribution is -2.37. The van der Waals surface area contributed by atoms with E-state index in [1.54, 1.807) is 7.11 Å². The van der Waals surface area contributed by atoms with Crippen LogP contribution >= 0.6 is 0 Å². The Kier molecular flexibility index (Phi) is 6.34. The molecule has 20 heavy (non-hydrogen) atoms. The maximum atomic E-state index is 5.73. The quantitative estimate of drug-likeness (QED) is 0.592. The van der Waals surface area contributed by atoms with E-state index in [-0.39, 0.29) is 0 Å². The summed E-state index contributed by atoms with van der Waals surface area (Å²) in [4.78, 5) is 0. The van der Waals surface area contributed by atoms with Gasteiger partial charge in [0.1, 0.15) is 5.75 Å². The third kappa shape index (κ3) is 4.80. The fourth-order valence-electron chi connectivity index (χ4n) is 3.24. The van der Waals surface area contributed by atoms with Gasteiger partial charge in [0.2, 0.25) is 0 Å². The van der Waals surface area contributed by atoms with Crippen molar-refractivity contribution < 1.29 is 4.74 Å². The lowest BCUT2D eigenvalue weighted by molar-refractivity contribution is 0.313. The van der Waals surface area contributed by atoms with E-state index in [2.05, 4.69) is 17.6 Å². The highest BCUT2D eigenvalue weighted by molar-refractivity contribution is 5.28. The van der Waals surface area contributed by atoms with Crippen molar-refractivity contribution in [2.75, 3.05) is 7.11 Å². The van der Waals surface area contributed by atoms with Gasteiger partial charge in [-0.25, -0.2) is 0 Å². The van der Waals surface area contributed by atoms with Crippen LogP contribution in [0.1, 0.15) is 50.5 Å². The number of benzene rings is 1. The van der Waals surface area contributed by atoms with E-state index in [0.29, 0.717) is 6.04 Å². The zero-order valence-electron chi connectivity index (χ0n) is 12.6. The van der Waals surface area contributed by atoms with Crippen LogP contribution in [0.5, 0.6) is 5.75 Å². The minimum atomic E-state index is 0.365. The van der Waals surface area contributed by atoms with E-state index >= 15 is 0 Å². The summed E-state index contributed by atoms with van der Waals surface area (Å²) in [6.45, 7) is 0. The van der Waals surface area contributed by atoms with Crippen LogP contribution in [0.25, 0.3) is 0 Å². The van der Waals surface area contributed by atoms with Crippen molar-refractivity contribution >= 4 is 0 Å². The molecule has 1 aliphatic rings. The number of nitrogens with two attached hydrogens (primary N) is 1. The van der Waals surface area contributed by atoms with E-state index in [0.717, 1.165) is 18.1 Å². The predicted molar refractivity (Wildman–Crippen MR) is 83.6 cm³/mol. The Balaban J connectivity index is 1.81. The Labute approximate surface area is 122 Å². The minimum Gasteiger partial charge on any atom is -0.497 e. The second kappa shape index (κ2) is 8.28. The molecule has 1 saturated carbocycles. The van der Waals surface area contributed by atoms with E-state index in [1.165, 1.54) is 50.5 Å². The monoisotopic (exact) mass is 276 g/mol. The van der Waals surface area contributed by atoms with Crippen LogP contribution in [0, 0.1) is 5.92 Å². The molecule has 1 aromatic rings. The maximum absolute atomic E-state index is 5.73. The van der Waals surface area contributed by atoms with Crippen molar-refractivity contribution in [2.24, 2.45) is 11.8 Å². The van der Waals surface area contributed by atoms with Gasteiger partial charge >= 0.3 is 0 Å². The summed E-state index contributed by atoms with van der Waals surface area (Å²) >= 11 is 0. The number of hydrogen-bond donors (Lipinski definition) is 2. The average Bonchev–Trinajstić information content (AvgIpc) is 2.52. The number of hydrogen-bond acceptors (Lipinski definition) is 3. The summed E-state index contributed by atoms with van der Waals surface area (Å²) in [5.74, 6) is 7.57. The molecule has 1 unspecified atom stereocenters. The number of rotatable bonds is 7. The first-order valence-corrected chi connectivity index (χ1v) is 7.91. The second-order valence-electron chi connectivity index (χ2n) is 6.00. The van der Waals surface area contributed by atoms with Crippen LogP contribution in [-0.4, -0.2) is 13.2 Å². The summed E-state index contributed by atoms with van der Waals surface area (Å²) in [5.41, 5.74) is 4.27. The van der Waals surface area contributed by atoms with Gasteiger partial charge in [0.05, 0.1) is 7.11 Å². The number of ether oxygens (including phenoxy) is 1. The van der Waals surface area contributed by atoms with E-state index in [4.69, 9.17) is 10.6 Å². The van der Waals surface area contributed by atoms with Crippen molar-refractivity contribution in [1.29, 1.82) is 0 Å². The molecule has 0 radical (unpaired) electrons. The lowest BCUT2D eigenvalue weighted by Gasteiger charge is -2.24. The molecule has 0 aromatic heterocycles. The zero-order chi connectivity index (χ0) is 14.2. The predicted octanol–water partition coefficient (Wildman–Crippen LogP) is 3.43. The molecule has 1 fully saturated rings. The Morgan fingerprint density at radius 3 is 2.80 bits per heavy atom. The molecule has 2 rings (SSSR count). The van der Waals surface area contributed by atoms with Gasteiger partial charge in [0, 0.05) is 6.04 Å². The molecule has 3 heteroatoms. The normalized spacial score (nSPS) is 17.9. The van der Waals surface area contributed by atoms with Gasteiger partial charge in [-0.1, -0.05) is 44.2 Å². The highest BCUT2D eigenvalue weighted by Crippen LogP contribution is 2.28. The topological polar surface area (TPSA) is 47.3 Å². The minimum absolute atomic E-state index is 0.365. The molecule has 3 N–H and O–H groups in total. The van der Waals surface area contributed by atoms with Crippen LogP contribution in [-0.2, 0) is 6.42 Å². The Bertz CT molecular complexity index is 388. The van der Waals surface area contributed by atoms with Crippen LogP contribution in [0.2, 0.25) is 0 Å². The molecule has 0 amide bonds. The second-order valence-corrected chi connectivity index (χ2v) is 6.00. The molecule has 0 saturated heterocycles. The first-order chi connectivity index (χ1) is 9.81. The molecular weight excluding hydrogens is 248 g/mol. The summed E-state index contributed by atoms with van der Waals surface area (Å²) < 4.78 is 5.27. The molecule has 1 aliphatic carbocycles. The largest absolute Gasteiger partial charge is 0.497 e. The maximum Gasteiger partial charge on any atom is 0.119 e. The van der Waals surface area contributed by atoms with Crippen LogP contribution in [0.15, 0.2) is 24.3 Å². The molecule has 0 heterocycles. The van der Waals surface area contributed by atoms with E-state index < -0.39 is 0 Å². The molecule has 3 nitrogen and oxygen atoms in total. The van der Waals surface area contributed by atoms with Crippen molar-refractivity contribution in [2.45, 2.75) is 57.4 Å². The number of methoxy groups -OCH3 is 1. The Morgan fingerprint density at radius 2 is 2.10 bits per heavy atom. The van der Waals surface area contributed by atoms with Gasteiger partial charge in [0.25, 0.3) is 0 Å². The molecular formula is C17H28N2O. The standard InChI is InChI=1S/C17H28N2O/c1-20-17-9-5-8-15(13-17)12-16(19-18)11-10-14-6-3-2-4-7-14/h5,8-9,13-14,16,19H,2-4,6-7,10-12,18H2,1H3. The van der Waals surface area contributed by atoms with Crippen molar-refractivity contribution in [1.82, 2.24) is 5.43 Å². The van der Waals surface area contributed by atoms with Gasteiger partial charge < -0.3 is 4.74 Å². The molecule has 0 bridgehead atoms. The fraction of sp³-hybridized carbons (Fsp3) is 0.647. The van der Waals surface area contributed by atoms with Gasteiger partial charge in [-0.3, -0.25) is 11.3 Å². The van der Waals surface area contributed by atoms with E-state index in [9.17, 15) is 0 Å². The number of nitrogens with one attached hydrogen (secondary N) is 1. The molecule has 112 valence electrons.